The van der Waals surface area contributed by atoms with Crippen LogP contribution in [-0.2, 0) is 16.1 Å². The van der Waals surface area contributed by atoms with Gasteiger partial charge in [-0.3, -0.25) is 9.59 Å². The molecule has 132 valence electrons. The SMILES string of the molecule is CCN1CCN(C(=O)C(C)(C)C(=O)NCc2ccccc2C)CC1. The highest BCUT2D eigenvalue weighted by Crippen LogP contribution is 2.21. The van der Waals surface area contributed by atoms with Gasteiger partial charge in [0.2, 0.25) is 11.8 Å². The molecule has 0 bridgehead atoms. The van der Waals surface area contributed by atoms with Crippen LogP contribution in [0.4, 0.5) is 0 Å². The van der Waals surface area contributed by atoms with Crippen molar-refractivity contribution in [3.05, 3.63) is 35.4 Å². The molecule has 0 atom stereocenters. The molecule has 1 aliphatic heterocycles. The number of nitrogens with one attached hydrogen (secondary N) is 1. The summed E-state index contributed by atoms with van der Waals surface area (Å²) in [6, 6.07) is 7.95. The smallest absolute Gasteiger partial charge is 0.237 e. The Morgan fingerprint density at radius 3 is 2.33 bits per heavy atom. The first-order chi connectivity index (χ1) is 11.4. The Kier molecular flexibility index (Phi) is 5.99. The van der Waals surface area contributed by atoms with Gasteiger partial charge in [0.15, 0.2) is 0 Å². The molecule has 1 saturated heterocycles. The molecule has 5 heteroatoms. The molecule has 1 heterocycles. The normalized spacial score (nSPS) is 16.1. The second kappa shape index (κ2) is 7.79. The molecule has 1 aliphatic rings. The molecule has 1 aromatic rings. The van der Waals surface area contributed by atoms with Crippen molar-refractivity contribution in [3.63, 3.8) is 0 Å². The average Bonchev–Trinajstić information content (AvgIpc) is 2.60. The van der Waals surface area contributed by atoms with Crippen LogP contribution in [0.3, 0.4) is 0 Å². The van der Waals surface area contributed by atoms with Gasteiger partial charge in [0.25, 0.3) is 0 Å². The van der Waals surface area contributed by atoms with Crippen LogP contribution in [0.1, 0.15) is 31.9 Å². The maximum Gasteiger partial charge on any atom is 0.237 e. The average molecular weight is 331 g/mol. The minimum atomic E-state index is -1.04. The number of rotatable bonds is 5. The van der Waals surface area contributed by atoms with E-state index in [0.29, 0.717) is 19.6 Å². The van der Waals surface area contributed by atoms with E-state index >= 15 is 0 Å². The lowest BCUT2D eigenvalue weighted by Gasteiger charge is -2.37. The van der Waals surface area contributed by atoms with E-state index in [1.807, 2.05) is 36.1 Å². The van der Waals surface area contributed by atoms with Crippen LogP contribution < -0.4 is 5.32 Å². The second-order valence-electron chi connectivity index (χ2n) is 6.96. The fourth-order valence-corrected chi connectivity index (χ4v) is 2.96. The Morgan fingerprint density at radius 2 is 1.75 bits per heavy atom. The second-order valence-corrected chi connectivity index (χ2v) is 6.96. The highest BCUT2D eigenvalue weighted by atomic mass is 16.2. The summed E-state index contributed by atoms with van der Waals surface area (Å²) >= 11 is 0. The standard InChI is InChI=1S/C19H29N3O2/c1-5-21-10-12-22(13-11-21)18(24)19(3,4)17(23)20-14-16-9-7-6-8-15(16)2/h6-9H,5,10-14H2,1-4H3,(H,20,23). The molecular weight excluding hydrogens is 302 g/mol. The molecule has 0 spiro atoms. The van der Waals surface area contributed by atoms with Crippen molar-refractivity contribution in [2.45, 2.75) is 34.2 Å². The molecule has 1 aromatic carbocycles. The minimum Gasteiger partial charge on any atom is -0.351 e. The van der Waals surface area contributed by atoms with Crippen molar-refractivity contribution < 1.29 is 9.59 Å². The summed E-state index contributed by atoms with van der Waals surface area (Å²) < 4.78 is 0. The van der Waals surface area contributed by atoms with Gasteiger partial charge in [-0.15, -0.1) is 0 Å². The molecule has 24 heavy (non-hydrogen) atoms. The van der Waals surface area contributed by atoms with Crippen LogP contribution in [0.25, 0.3) is 0 Å². The van der Waals surface area contributed by atoms with E-state index < -0.39 is 5.41 Å². The third-order valence-electron chi connectivity index (χ3n) is 4.91. The molecule has 0 aromatic heterocycles. The summed E-state index contributed by atoms with van der Waals surface area (Å²) in [6.07, 6.45) is 0. The van der Waals surface area contributed by atoms with E-state index in [2.05, 4.69) is 17.1 Å². The van der Waals surface area contributed by atoms with E-state index in [-0.39, 0.29) is 11.8 Å². The van der Waals surface area contributed by atoms with Crippen LogP contribution >= 0.6 is 0 Å². The largest absolute Gasteiger partial charge is 0.351 e. The Labute approximate surface area is 145 Å². The lowest BCUT2D eigenvalue weighted by Crippen LogP contribution is -2.55. The van der Waals surface area contributed by atoms with Crippen molar-refractivity contribution in [1.29, 1.82) is 0 Å². The van der Waals surface area contributed by atoms with Crippen molar-refractivity contribution in [1.82, 2.24) is 15.1 Å². The number of nitrogens with zero attached hydrogens (tertiary/aromatic N) is 2. The van der Waals surface area contributed by atoms with Crippen LogP contribution in [0.2, 0.25) is 0 Å². The van der Waals surface area contributed by atoms with Crippen molar-refractivity contribution in [2.24, 2.45) is 5.41 Å². The van der Waals surface area contributed by atoms with Gasteiger partial charge in [-0.05, 0) is 38.4 Å². The Balaban J connectivity index is 1.94. The number of hydrogen-bond acceptors (Lipinski definition) is 3. The van der Waals surface area contributed by atoms with E-state index in [1.54, 1.807) is 13.8 Å². The highest BCUT2D eigenvalue weighted by molar-refractivity contribution is 6.04. The molecular formula is C19H29N3O2. The molecule has 1 fully saturated rings. The van der Waals surface area contributed by atoms with Gasteiger partial charge in [-0.1, -0.05) is 31.2 Å². The van der Waals surface area contributed by atoms with E-state index in [9.17, 15) is 9.59 Å². The first kappa shape index (κ1) is 18.5. The Hall–Kier alpha value is -1.88. The summed E-state index contributed by atoms with van der Waals surface area (Å²) in [4.78, 5) is 29.5. The number of likely N-dealkylation sites (N-methyl/N-ethyl adjacent to an activating group) is 1. The van der Waals surface area contributed by atoms with Crippen LogP contribution in [0.5, 0.6) is 0 Å². The number of piperazine rings is 1. The molecule has 5 nitrogen and oxygen atoms in total. The summed E-state index contributed by atoms with van der Waals surface area (Å²) in [5, 5.41) is 2.92. The summed E-state index contributed by atoms with van der Waals surface area (Å²) in [5.74, 6) is -0.297. The van der Waals surface area contributed by atoms with E-state index in [4.69, 9.17) is 0 Å². The quantitative estimate of drug-likeness (QED) is 0.837. The molecule has 2 rings (SSSR count). The van der Waals surface area contributed by atoms with Gasteiger partial charge < -0.3 is 15.1 Å². The van der Waals surface area contributed by atoms with Crippen LogP contribution in [-0.4, -0.2) is 54.3 Å². The Bertz CT molecular complexity index is 590. The number of benzene rings is 1. The van der Waals surface area contributed by atoms with E-state index in [1.165, 1.54) is 0 Å². The zero-order valence-corrected chi connectivity index (χ0v) is 15.3. The van der Waals surface area contributed by atoms with Gasteiger partial charge in [0.1, 0.15) is 5.41 Å². The predicted molar refractivity (Wildman–Crippen MR) is 95.5 cm³/mol. The lowest BCUT2D eigenvalue weighted by atomic mass is 9.89. The maximum absolute atomic E-state index is 12.8. The summed E-state index contributed by atoms with van der Waals surface area (Å²) in [6.45, 7) is 12.2. The lowest BCUT2D eigenvalue weighted by molar-refractivity contribution is -0.149. The molecule has 2 amide bonds. The van der Waals surface area contributed by atoms with Gasteiger partial charge in [0.05, 0.1) is 0 Å². The number of carbonyl (C=O) groups is 2. The highest BCUT2D eigenvalue weighted by Gasteiger charge is 2.39. The molecule has 0 unspecified atom stereocenters. The number of carbonyl (C=O) groups excluding carboxylic acids is 2. The molecule has 1 N–H and O–H groups in total. The molecule has 0 saturated carbocycles. The monoisotopic (exact) mass is 331 g/mol. The topological polar surface area (TPSA) is 52.7 Å². The predicted octanol–water partition coefficient (Wildman–Crippen LogP) is 1.80. The first-order valence-corrected chi connectivity index (χ1v) is 8.70. The van der Waals surface area contributed by atoms with Crippen molar-refractivity contribution in [3.8, 4) is 0 Å². The van der Waals surface area contributed by atoms with Gasteiger partial charge >= 0.3 is 0 Å². The third kappa shape index (κ3) is 4.15. The van der Waals surface area contributed by atoms with E-state index in [0.717, 1.165) is 30.8 Å². The Morgan fingerprint density at radius 1 is 1.12 bits per heavy atom. The van der Waals surface area contributed by atoms with Gasteiger partial charge in [0, 0.05) is 32.7 Å². The maximum atomic E-state index is 12.8. The number of hydrogen-bond donors (Lipinski definition) is 1. The van der Waals surface area contributed by atoms with Crippen LogP contribution in [0.15, 0.2) is 24.3 Å². The van der Waals surface area contributed by atoms with Gasteiger partial charge in [-0.25, -0.2) is 0 Å². The summed E-state index contributed by atoms with van der Waals surface area (Å²) in [7, 11) is 0. The fraction of sp³-hybridized carbons (Fsp3) is 0.579. The number of aryl methyl sites for hydroxylation is 1. The first-order valence-electron chi connectivity index (χ1n) is 8.70. The summed E-state index contributed by atoms with van der Waals surface area (Å²) in [5.41, 5.74) is 1.17. The fourth-order valence-electron chi connectivity index (χ4n) is 2.96. The zero-order valence-electron chi connectivity index (χ0n) is 15.3. The van der Waals surface area contributed by atoms with Crippen molar-refractivity contribution >= 4 is 11.8 Å². The zero-order chi connectivity index (χ0) is 17.7. The minimum absolute atomic E-state index is 0.0828. The van der Waals surface area contributed by atoms with Gasteiger partial charge in [-0.2, -0.15) is 0 Å². The number of amides is 2. The van der Waals surface area contributed by atoms with Crippen molar-refractivity contribution in [2.75, 3.05) is 32.7 Å². The molecule has 0 radical (unpaired) electrons. The molecule has 0 aliphatic carbocycles. The third-order valence-corrected chi connectivity index (χ3v) is 4.91. The van der Waals surface area contributed by atoms with Crippen LogP contribution in [0, 0.1) is 12.3 Å².